The molecular formula is C19H24N4O4. The van der Waals surface area contributed by atoms with Crippen LogP contribution in [0.5, 0.6) is 0 Å². The van der Waals surface area contributed by atoms with E-state index in [2.05, 4.69) is 27.4 Å². The summed E-state index contributed by atoms with van der Waals surface area (Å²) in [6.07, 6.45) is 6.72. The lowest BCUT2D eigenvalue weighted by Gasteiger charge is -2.37. The molecule has 3 rings (SSSR count). The summed E-state index contributed by atoms with van der Waals surface area (Å²) in [6.45, 7) is 2.15. The smallest absolute Gasteiger partial charge is 0.331 e. The molecule has 1 saturated carbocycles. The zero-order valence-corrected chi connectivity index (χ0v) is 15.6. The van der Waals surface area contributed by atoms with Gasteiger partial charge in [0.25, 0.3) is 0 Å². The normalized spacial score (nSPS) is 22.2. The van der Waals surface area contributed by atoms with Gasteiger partial charge in [-0.05, 0) is 43.7 Å². The minimum Gasteiger partial charge on any atom is -0.467 e. The van der Waals surface area contributed by atoms with Crippen LogP contribution in [0.2, 0.25) is 0 Å². The van der Waals surface area contributed by atoms with Crippen molar-refractivity contribution in [1.82, 2.24) is 20.4 Å². The predicted molar refractivity (Wildman–Crippen MR) is 96.4 cm³/mol. The molecule has 1 N–H and O–H groups in total. The van der Waals surface area contributed by atoms with Crippen molar-refractivity contribution in [3.05, 3.63) is 30.4 Å². The fourth-order valence-electron chi connectivity index (χ4n) is 3.35. The summed E-state index contributed by atoms with van der Waals surface area (Å²) in [6, 6.07) is 3.62. The van der Waals surface area contributed by atoms with E-state index in [4.69, 9.17) is 9.26 Å². The molecule has 0 unspecified atom stereocenters. The number of pyridine rings is 1. The molecule has 0 radical (unpaired) electrons. The number of methoxy groups -OCH3 is 1. The Morgan fingerprint density at radius 3 is 2.81 bits per heavy atom. The van der Waals surface area contributed by atoms with E-state index in [1.165, 1.54) is 7.11 Å². The number of aromatic nitrogens is 3. The van der Waals surface area contributed by atoms with Crippen LogP contribution in [-0.4, -0.2) is 39.6 Å². The van der Waals surface area contributed by atoms with Gasteiger partial charge in [0, 0.05) is 30.8 Å². The summed E-state index contributed by atoms with van der Waals surface area (Å²) in [7, 11) is 1.35. The Morgan fingerprint density at radius 2 is 2.15 bits per heavy atom. The van der Waals surface area contributed by atoms with Crippen molar-refractivity contribution in [3.63, 3.8) is 0 Å². The lowest BCUT2D eigenvalue weighted by atomic mass is 9.77. The first-order valence-electron chi connectivity index (χ1n) is 9.15. The second-order valence-corrected chi connectivity index (χ2v) is 7.06. The van der Waals surface area contributed by atoms with Crippen LogP contribution in [0, 0.1) is 5.92 Å². The number of amides is 1. The van der Waals surface area contributed by atoms with E-state index in [-0.39, 0.29) is 18.3 Å². The number of carbonyl (C=O) groups excluding carboxylic acids is 2. The minimum atomic E-state index is -0.923. The molecule has 0 saturated heterocycles. The van der Waals surface area contributed by atoms with Gasteiger partial charge in [-0.1, -0.05) is 12.1 Å². The van der Waals surface area contributed by atoms with Crippen molar-refractivity contribution < 1.29 is 18.8 Å². The molecule has 2 aromatic heterocycles. The molecule has 8 heteroatoms. The summed E-state index contributed by atoms with van der Waals surface area (Å²) >= 11 is 0. The Bertz CT molecular complexity index is 782. The van der Waals surface area contributed by atoms with Crippen LogP contribution in [0.3, 0.4) is 0 Å². The van der Waals surface area contributed by atoms with Crippen LogP contribution in [0.4, 0.5) is 0 Å². The lowest BCUT2D eigenvalue weighted by molar-refractivity contribution is -0.153. The van der Waals surface area contributed by atoms with Crippen LogP contribution < -0.4 is 5.32 Å². The number of nitrogens with zero attached hydrogens (tertiary/aromatic N) is 3. The van der Waals surface area contributed by atoms with Gasteiger partial charge in [0.15, 0.2) is 0 Å². The Hall–Kier alpha value is -2.77. The number of hydrogen-bond acceptors (Lipinski definition) is 7. The molecule has 0 spiro atoms. The number of hydrogen-bond donors (Lipinski definition) is 1. The summed E-state index contributed by atoms with van der Waals surface area (Å²) in [5, 5.41) is 6.81. The second kappa shape index (κ2) is 8.28. The molecule has 1 fully saturated rings. The molecule has 8 nitrogen and oxygen atoms in total. The molecule has 144 valence electrons. The van der Waals surface area contributed by atoms with Crippen molar-refractivity contribution >= 4 is 11.9 Å². The van der Waals surface area contributed by atoms with Gasteiger partial charge in [-0.15, -0.1) is 0 Å². The van der Waals surface area contributed by atoms with Crippen molar-refractivity contribution in [1.29, 1.82) is 0 Å². The molecule has 0 atom stereocenters. The van der Waals surface area contributed by atoms with E-state index in [1.54, 1.807) is 18.5 Å². The van der Waals surface area contributed by atoms with Gasteiger partial charge in [0.2, 0.25) is 17.6 Å². The fourth-order valence-corrected chi connectivity index (χ4v) is 3.35. The summed E-state index contributed by atoms with van der Waals surface area (Å²) in [5.74, 6) is 0.749. The molecule has 0 bridgehead atoms. The Morgan fingerprint density at radius 1 is 1.37 bits per heavy atom. The number of aryl methyl sites for hydroxylation is 1. The van der Waals surface area contributed by atoms with E-state index in [9.17, 15) is 9.59 Å². The SMILES string of the molecule is COC(=O)C1(NC(=O)CCc2nc(-c3cccnc3)no2)CCC(C)CC1. The van der Waals surface area contributed by atoms with Gasteiger partial charge in [-0.25, -0.2) is 4.79 Å². The molecule has 27 heavy (non-hydrogen) atoms. The van der Waals surface area contributed by atoms with Crippen molar-refractivity contribution in [2.75, 3.05) is 7.11 Å². The number of carbonyl (C=O) groups is 2. The third-order valence-electron chi connectivity index (χ3n) is 5.04. The topological polar surface area (TPSA) is 107 Å². The highest BCUT2D eigenvalue weighted by atomic mass is 16.5. The Balaban J connectivity index is 1.59. The van der Waals surface area contributed by atoms with Gasteiger partial charge in [-0.2, -0.15) is 4.98 Å². The van der Waals surface area contributed by atoms with Crippen LogP contribution in [0.25, 0.3) is 11.4 Å². The molecule has 1 amide bonds. The van der Waals surface area contributed by atoms with E-state index in [1.807, 2.05) is 6.07 Å². The summed E-state index contributed by atoms with van der Waals surface area (Å²) in [5.41, 5.74) is -0.174. The highest BCUT2D eigenvalue weighted by Gasteiger charge is 2.43. The minimum absolute atomic E-state index is 0.156. The zero-order chi connectivity index (χ0) is 19.3. The molecule has 2 heterocycles. The Kier molecular flexibility index (Phi) is 5.83. The number of esters is 1. The molecule has 0 aromatic carbocycles. The van der Waals surface area contributed by atoms with E-state index >= 15 is 0 Å². The number of rotatable bonds is 6. The fraction of sp³-hybridized carbons (Fsp3) is 0.526. The highest BCUT2D eigenvalue weighted by molar-refractivity contribution is 5.88. The number of ether oxygens (including phenoxy) is 1. The first kappa shape index (κ1) is 19.0. The molecular weight excluding hydrogens is 348 g/mol. The van der Waals surface area contributed by atoms with Gasteiger partial charge < -0.3 is 14.6 Å². The van der Waals surface area contributed by atoms with Crippen LogP contribution >= 0.6 is 0 Å². The molecule has 1 aliphatic carbocycles. The maximum Gasteiger partial charge on any atom is 0.331 e. The summed E-state index contributed by atoms with van der Waals surface area (Å²) in [4.78, 5) is 33.0. The maximum absolute atomic E-state index is 12.4. The van der Waals surface area contributed by atoms with E-state index in [0.29, 0.717) is 36.9 Å². The summed E-state index contributed by atoms with van der Waals surface area (Å²) < 4.78 is 10.2. The van der Waals surface area contributed by atoms with Gasteiger partial charge in [0.05, 0.1) is 7.11 Å². The van der Waals surface area contributed by atoms with Crippen molar-refractivity contribution in [2.24, 2.45) is 5.92 Å². The van der Waals surface area contributed by atoms with E-state index < -0.39 is 5.54 Å². The van der Waals surface area contributed by atoms with Gasteiger partial charge in [0.1, 0.15) is 5.54 Å². The first-order chi connectivity index (χ1) is 13.0. The molecule has 2 aromatic rings. The van der Waals surface area contributed by atoms with Crippen LogP contribution in [0.1, 0.15) is 44.9 Å². The van der Waals surface area contributed by atoms with Gasteiger partial charge in [-0.3, -0.25) is 9.78 Å². The van der Waals surface area contributed by atoms with Crippen LogP contribution in [0.15, 0.2) is 29.0 Å². The predicted octanol–water partition coefficient (Wildman–Crippen LogP) is 2.30. The third-order valence-corrected chi connectivity index (χ3v) is 5.04. The third kappa shape index (κ3) is 4.50. The second-order valence-electron chi connectivity index (χ2n) is 7.06. The maximum atomic E-state index is 12.4. The molecule has 0 aliphatic heterocycles. The van der Waals surface area contributed by atoms with Crippen molar-refractivity contribution in [3.8, 4) is 11.4 Å². The lowest BCUT2D eigenvalue weighted by Crippen LogP contribution is -2.56. The number of nitrogens with one attached hydrogen (secondary N) is 1. The van der Waals surface area contributed by atoms with E-state index in [0.717, 1.165) is 18.4 Å². The van der Waals surface area contributed by atoms with Crippen LogP contribution in [-0.2, 0) is 20.7 Å². The zero-order valence-electron chi connectivity index (χ0n) is 15.6. The largest absolute Gasteiger partial charge is 0.467 e. The average Bonchev–Trinajstić information content (AvgIpc) is 3.17. The average molecular weight is 372 g/mol. The highest BCUT2D eigenvalue weighted by Crippen LogP contribution is 2.33. The molecule has 1 aliphatic rings. The van der Waals surface area contributed by atoms with Gasteiger partial charge >= 0.3 is 5.97 Å². The monoisotopic (exact) mass is 372 g/mol. The standard InChI is InChI=1S/C19H24N4O4/c1-13-7-9-19(10-8-13,18(25)26-2)22-15(24)5-6-16-21-17(23-27-16)14-4-3-11-20-12-14/h3-4,11-13H,5-10H2,1-2H3,(H,22,24). The van der Waals surface area contributed by atoms with Crippen molar-refractivity contribution in [2.45, 2.75) is 51.0 Å². The first-order valence-corrected chi connectivity index (χ1v) is 9.15. The quantitative estimate of drug-likeness (QED) is 0.775. The Labute approximate surface area is 157 Å².